The first-order chi connectivity index (χ1) is 7.31. The number of rotatable bonds is 5. The Hall–Kier alpha value is -0.745. The quantitative estimate of drug-likeness (QED) is 0.429. The Bertz CT molecular complexity index is 219. The third-order valence-electron chi connectivity index (χ3n) is 1.82. The average Bonchev–Trinajstić information content (AvgIpc) is 2.11. The number of nitrogens with one attached hydrogen (secondary N) is 1. The molecular formula is C10H23BN2O3. The molecule has 94 valence electrons. The van der Waals surface area contributed by atoms with Gasteiger partial charge in [-0.1, -0.05) is 6.92 Å². The van der Waals surface area contributed by atoms with E-state index in [0.29, 0.717) is 6.54 Å². The third kappa shape index (κ3) is 5.97. The van der Waals surface area contributed by atoms with Crippen molar-refractivity contribution in [1.82, 2.24) is 10.4 Å². The molecule has 0 radical (unpaired) electrons. The summed E-state index contributed by atoms with van der Waals surface area (Å²) in [6.07, 6.45) is 0.160. The molecule has 1 N–H and O–H groups in total. The zero-order chi connectivity index (χ0) is 12.8. The van der Waals surface area contributed by atoms with Crippen LogP contribution in [0, 0.1) is 0 Å². The normalized spacial score (nSPS) is 13.3. The van der Waals surface area contributed by atoms with E-state index in [1.54, 1.807) is 19.8 Å². The Kier molecular flexibility index (Phi) is 6.44. The maximum Gasteiger partial charge on any atom is 0.411 e. The first-order valence-electron chi connectivity index (χ1n) is 5.63. The second-order valence-electron chi connectivity index (χ2n) is 4.60. The molecule has 1 amide bonds. The topological polar surface area (TPSA) is 50.8 Å². The van der Waals surface area contributed by atoms with Crippen molar-refractivity contribution in [3.63, 3.8) is 0 Å². The summed E-state index contributed by atoms with van der Waals surface area (Å²) in [5, 5.41) is 0. The van der Waals surface area contributed by atoms with Gasteiger partial charge in [0, 0.05) is 13.6 Å². The van der Waals surface area contributed by atoms with Gasteiger partial charge < -0.3 is 4.74 Å². The minimum Gasteiger partial charge on any atom is -0.444 e. The van der Waals surface area contributed by atoms with Crippen molar-refractivity contribution < 1.29 is 14.4 Å². The second kappa shape index (κ2) is 6.76. The number of hydroxylamine groups is 1. The van der Waals surface area contributed by atoms with Crippen LogP contribution in [0.5, 0.6) is 0 Å². The third-order valence-corrected chi connectivity index (χ3v) is 1.82. The van der Waals surface area contributed by atoms with Crippen LogP contribution >= 0.6 is 0 Å². The predicted octanol–water partition coefficient (Wildman–Crippen LogP) is 0.701. The van der Waals surface area contributed by atoms with E-state index in [2.05, 4.69) is 5.48 Å². The van der Waals surface area contributed by atoms with Crippen molar-refractivity contribution >= 4 is 13.9 Å². The van der Waals surface area contributed by atoms with Gasteiger partial charge in [-0.25, -0.2) is 10.3 Å². The molecule has 0 heterocycles. The van der Waals surface area contributed by atoms with E-state index < -0.39 is 5.60 Å². The van der Waals surface area contributed by atoms with Crippen LogP contribution < -0.4 is 5.48 Å². The fourth-order valence-electron chi connectivity index (χ4n) is 1.22. The summed E-state index contributed by atoms with van der Waals surface area (Å²) >= 11 is 0. The molecule has 0 saturated carbocycles. The second-order valence-corrected chi connectivity index (χ2v) is 4.60. The summed E-state index contributed by atoms with van der Waals surface area (Å²) in [7, 11) is 3.46. The van der Waals surface area contributed by atoms with Gasteiger partial charge in [0.05, 0.1) is 0 Å². The Morgan fingerprint density at radius 1 is 1.50 bits per heavy atom. The molecule has 0 bridgehead atoms. The molecule has 0 rings (SSSR count). The lowest BCUT2D eigenvalue weighted by molar-refractivity contribution is -0.0618. The molecule has 0 spiro atoms. The Morgan fingerprint density at radius 2 is 2.06 bits per heavy atom. The molecule has 0 aliphatic carbocycles. The minimum absolute atomic E-state index is 0.347. The molecule has 0 aliphatic heterocycles. The van der Waals surface area contributed by atoms with Gasteiger partial charge in [-0.05, 0) is 27.2 Å². The molecule has 0 saturated heterocycles. The largest absolute Gasteiger partial charge is 0.444 e. The molecule has 0 fully saturated rings. The van der Waals surface area contributed by atoms with Crippen LogP contribution in [-0.4, -0.2) is 44.2 Å². The van der Waals surface area contributed by atoms with Crippen LogP contribution in [0.4, 0.5) is 4.79 Å². The molecule has 16 heavy (non-hydrogen) atoms. The van der Waals surface area contributed by atoms with Crippen LogP contribution in [0.2, 0.25) is 0 Å². The van der Waals surface area contributed by atoms with Crippen molar-refractivity contribution in [2.75, 3.05) is 13.6 Å². The highest BCUT2D eigenvalue weighted by Gasteiger charge is 2.25. The molecule has 5 nitrogen and oxygen atoms in total. The summed E-state index contributed by atoms with van der Waals surface area (Å²) in [5.41, 5.74) is 2.09. The summed E-state index contributed by atoms with van der Waals surface area (Å²) in [4.78, 5) is 18.6. The Labute approximate surface area is 98.8 Å². The number of nitrogens with zero attached hydrogens (tertiary/aromatic N) is 1. The maximum absolute atomic E-state index is 11.9. The van der Waals surface area contributed by atoms with Crippen LogP contribution in [0.3, 0.4) is 0 Å². The Balaban J connectivity index is 4.45. The molecule has 0 aromatic heterocycles. The fourth-order valence-corrected chi connectivity index (χ4v) is 1.22. The number of ether oxygens (including phenoxy) is 1. The highest BCUT2D eigenvalue weighted by molar-refractivity contribution is 6.11. The van der Waals surface area contributed by atoms with Crippen molar-refractivity contribution in [3.8, 4) is 0 Å². The van der Waals surface area contributed by atoms with E-state index in [-0.39, 0.29) is 12.2 Å². The van der Waals surface area contributed by atoms with Crippen LogP contribution in [0.1, 0.15) is 34.1 Å². The molecule has 0 aromatic carbocycles. The number of carbonyl (C=O) groups is 1. The van der Waals surface area contributed by atoms with Crippen LogP contribution in [0.15, 0.2) is 0 Å². The monoisotopic (exact) mass is 230 g/mol. The fraction of sp³-hybridized carbons (Fsp3) is 0.900. The molecule has 1 unspecified atom stereocenters. The van der Waals surface area contributed by atoms with Crippen LogP contribution in [0.25, 0.3) is 0 Å². The van der Waals surface area contributed by atoms with Gasteiger partial charge in [0.1, 0.15) is 11.7 Å². The van der Waals surface area contributed by atoms with Gasteiger partial charge in [-0.15, -0.1) is 0 Å². The summed E-state index contributed by atoms with van der Waals surface area (Å²) in [5.74, 6) is 0. The number of amides is 1. The lowest BCUT2D eigenvalue weighted by Crippen LogP contribution is -2.46. The van der Waals surface area contributed by atoms with Gasteiger partial charge in [0.2, 0.25) is 0 Å². The molecular weight excluding hydrogens is 207 g/mol. The van der Waals surface area contributed by atoms with Gasteiger partial charge in [0.15, 0.2) is 7.85 Å². The van der Waals surface area contributed by atoms with Gasteiger partial charge >= 0.3 is 6.09 Å². The van der Waals surface area contributed by atoms with E-state index in [4.69, 9.17) is 9.57 Å². The number of hydrogen-bond donors (Lipinski definition) is 1. The Morgan fingerprint density at radius 3 is 2.44 bits per heavy atom. The van der Waals surface area contributed by atoms with Crippen molar-refractivity contribution in [2.24, 2.45) is 0 Å². The van der Waals surface area contributed by atoms with Gasteiger partial charge in [0.25, 0.3) is 0 Å². The molecule has 1 atom stereocenters. The van der Waals surface area contributed by atoms with Crippen molar-refractivity contribution in [2.45, 2.75) is 45.8 Å². The van der Waals surface area contributed by atoms with E-state index in [1.165, 1.54) is 0 Å². The highest BCUT2D eigenvalue weighted by Crippen LogP contribution is 2.11. The SMILES string of the molecule is BC(ONC)N(CCC)C(=O)OC(C)(C)C. The zero-order valence-corrected chi connectivity index (χ0v) is 11.2. The summed E-state index contributed by atoms with van der Waals surface area (Å²) in [6.45, 7) is 8.15. The first kappa shape index (κ1) is 15.3. The standard InChI is InChI=1S/C10H23BN2O3/c1-6-7-13(8(11)16-12-5)9(14)15-10(2,3)4/h8,12H,6-7,11H2,1-5H3. The summed E-state index contributed by atoms with van der Waals surface area (Å²) in [6, 6.07) is 0. The molecule has 0 aliphatic rings. The first-order valence-corrected chi connectivity index (χ1v) is 5.63. The van der Waals surface area contributed by atoms with Gasteiger partial charge in [-0.3, -0.25) is 9.74 Å². The highest BCUT2D eigenvalue weighted by atomic mass is 16.7. The zero-order valence-electron chi connectivity index (χ0n) is 11.2. The minimum atomic E-state index is -0.484. The molecule has 6 heteroatoms. The number of hydrogen-bond acceptors (Lipinski definition) is 4. The van der Waals surface area contributed by atoms with Crippen LogP contribution in [-0.2, 0) is 9.57 Å². The lowest BCUT2D eigenvalue weighted by atomic mass is 10.1. The van der Waals surface area contributed by atoms with E-state index in [0.717, 1.165) is 6.42 Å². The van der Waals surface area contributed by atoms with E-state index in [9.17, 15) is 4.79 Å². The lowest BCUT2D eigenvalue weighted by Gasteiger charge is -2.31. The van der Waals surface area contributed by atoms with E-state index >= 15 is 0 Å². The van der Waals surface area contributed by atoms with E-state index in [1.807, 2.05) is 27.7 Å². The molecule has 0 aromatic rings. The predicted molar refractivity (Wildman–Crippen MR) is 65.7 cm³/mol. The average molecular weight is 230 g/mol. The summed E-state index contributed by atoms with van der Waals surface area (Å²) < 4.78 is 5.30. The maximum atomic E-state index is 11.9. The van der Waals surface area contributed by atoms with Crippen molar-refractivity contribution in [1.29, 1.82) is 0 Å². The van der Waals surface area contributed by atoms with Gasteiger partial charge in [-0.2, -0.15) is 0 Å². The smallest absolute Gasteiger partial charge is 0.411 e. The van der Waals surface area contributed by atoms with Crippen molar-refractivity contribution in [3.05, 3.63) is 0 Å². The number of carbonyl (C=O) groups excluding carboxylic acids is 1.